The molecular formula is C19H32N4O4S. The predicted octanol–water partition coefficient (Wildman–Crippen LogP) is -0.199. The van der Waals surface area contributed by atoms with Gasteiger partial charge in [-0.25, -0.2) is 4.79 Å². The Labute approximate surface area is 170 Å². The van der Waals surface area contributed by atoms with E-state index in [1.807, 2.05) is 21.0 Å². The monoisotopic (exact) mass is 412 g/mol. The Balaban J connectivity index is 1.71. The number of carboxylic acids is 1. The van der Waals surface area contributed by atoms with Gasteiger partial charge in [0, 0.05) is 34.7 Å². The van der Waals surface area contributed by atoms with Crippen molar-refractivity contribution in [3.63, 3.8) is 0 Å². The number of aliphatic hydroxyl groups is 1. The molecular weight excluding hydrogens is 380 g/mol. The largest absolute Gasteiger partial charge is 0.477 e. The van der Waals surface area contributed by atoms with Crippen LogP contribution in [0.2, 0.25) is 0 Å². The quantitative estimate of drug-likeness (QED) is 0.331. The first-order chi connectivity index (χ1) is 13.3. The molecule has 28 heavy (non-hydrogen) atoms. The smallest absolute Gasteiger partial charge is 0.353 e. The average molecular weight is 413 g/mol. The van der Waals surface area contributed by atoms with Crippen molar-refractivity contribution in [3.05, 3.63) is 10.6 Å². The third-order valence-corrected chi connectivity index (χ3v) is 7.80. The zero-order chi connectivity index (χ0) is 20.6. The maximum atomic E-state index is 12.4. The van der Waals surface area contributed by atoms with Crippen LogP contribution >= 0.6 is 11.8 Å². The molecule has 5 N–H and O–H groups in total. The van der Waals surface area contributed by atoms with Crippen LogP contribution in [-0.2, 0) is 9.59 Å². The third kappa shape index (κ3) is 3.70. The maximum absolute atomic E-state index is 12.4. The van der Waals surface area contributed by atoms with E-state index in [0.717, 1.165) is 30.8 Å². The Hall–Kier alpha value is -1.13. The van der Waals surface area contributed by atoms with Crippen molar-refractivity contribution in [2.24, 2.45) is 11.8 Å². The van der Waals surface area contributed by atoms with Gasteiger partial charge in [-0.2, -0.15) is 0 Å². The lowest BCUT2D eigenvalue weighted by atomic mass is 9.79. The van der Waals surface area contributed by atoms with Gasteiger partial charge in [0.2, 0.25) is 5.91 Å². The maximum Gasteiger partial charge on any atom is 0.353 e. The van der Waals surface area contributed by atoms with E-state index in [1.54, 1.807) is 18.7 Å². The second-order valence-corrected chi connectivity index (χ2v) is 9.39. The van der Waals surface area contributed by atoms with Crippen molar-refractivity contribution in [2.45, 2.75) is 56.2 Å². The number of aliphatic hydroxyl groups excluding tert-OH is 1. The fraction of sp³-hybridized carbons (Fsp3) is 0.789. The third-order valence-electron chi connectivity index (χ3n) is 6.29. The first-order valence-electron chi connectivity index (χ1n) is 10.0. The summed E-state index contributed by atoms with van der Waals surface area (Å²) in [7, 11) is 3.92. The number of aliphatic carboxylic acids is 1. The van der Waals surface area contributed by atoms with Gasteiger partial charge in [-0.1, -0.05) is 6.92 Å². The second-order valence-electron chi connectivity index (χ2n) is 8.05. The fourth-order valence-electron chi connectivity index (χ4n) is 4.83. The molecule has 3 aliphatic heterocycles. The van der Waals surface area contributed by atoms with Crippen molar-refractivity contribution in [3.8, 4) is 0 Å². The number of β-lactam (4-membered cyclic amide) rings is 1. The minimum atomic E-state index is -1.06. The van der Waals surface area contributed by atoms with E-state index in [-0.39, 0.29) is 28.8 Å². The standard InChI is InChI=1S/C19H32N4O4S/c1-9-15-14(10(2)24)18(25)23(15)16(19(26)27)17(9)28-11-7-13(22-8-11)12(21-4)5-6-20-3/h9-15,20-22,24H,5-8H2,1-4H3,(H,26,27)/t9-,10-,11+,12?,13+,14-,15-/m1/s1. The van der Waals surface area contributed by atoms with Crippen molar-refractivity contribution >= 4 is 23.6 Å². The number of hydrogen-bond donors (Lipinski definition) is 5. The van der Waals surface area contributed by atoms with E-state index in [0.29, 0.717) is 12.1 Å². The molecule has 158 valence electrons. The van der Waals surface area contributed by atoms with Crippen molar-refractivity contribution in [2.75, 3.05) is 27.2 Å². The molecule has 0 saturated carbocycles. The summed E-state index contributed by atoms with van der Waals surface area (Å²) >= 11 is 1.60. The van der Waals surface area contributed by atoms with Crippen molar-refractivity contribution in [1.29, 1.82) is 0 Å². The molecule has 0 radical (unpaired) electrons. The number of likely N-dealkylation sites (N-methyl/N-ethyl adjacent to an activating group) is 1. The van der Waals surface area contributed by atoms with Gasteiger partial charge < -0.3 is 31.1 Å². The number of thioether (sulfide) groups is 1. The number of hydrogen-bond acceptors (Lipinski definition) is 7. The lowest BCUT2D eigenvalue weighted by Gasteiger charge is -2.46. The van der Waals surface area contributed by atoms with E-state index >= 15 is 0 Å². The minimum Gasteiger partial charge on any atom is -0.477 e. The molecule has 3 aliphatic rings. The Morgan fingerprint density at radius 2 is 2.14 bits per heavy atom. The van der Waals surface area contributed by atoms with Crippen molar-refractivity contribution < 1.29 is 19.8 Å². The Bertz CT molecular complexity index is 656. The van der Waals surface area contributed by atoms with Gasteiger partial charge in [0.15, 0.2) is 0 Å². The number of carboxylic acid groups (broad SMARTS) is 1. The van der Waals surface area contributed by atoms with E-state index in [4.69, 9.17) is 0 Å². The van der Waals surface area contributed by atoms with Crippen molar-refractivity contribution in [1.82, 2.24) is 20.9 Å². The molecule has 1 unspecified atom stereocenters. The number of nitrogens with zero attached hydrogens (tertiary/aromatic N) is 1. The number of nitrogens with one attached hydrogen (secondary N) is 3. The molecule has 0 aromatic rings. The molecule has 0 aliphatic carbocycles. The topological polar surface area (TPSA) is 114 Å². The van der Waals surface area contributed by atoms with Gasteiger partial charge in [-0.3, -0.25) is 4.79 Å². The van der Waals surface area contributed by atoms with Crippen LogP contribution in [0.4, 0.5) is 0 Å². The van der Waals surface area contributed by atoms with E-state index in [2.05, 4.69) is 16.0 Å². The van der Waals surface area contributed by atoms with Crippen LogP contribution in [0.5, 0.6) is 0 Å². The highest BCUT2D eigenvalue weighted by Gasteiger charge is 2.60. The van der Waals surface area contributed by atoms with Gasteiger partial charge >= 0.3 is 5.97 Å². The number of fused-ring (bicyclic) bond motifs is 1. The molecule has 0 spiro atoms. The van der Waals surface area contributed by atoms with E-state index in [1.165, 1.54) is 4.90 Å². The first-order valence-corrected chi connectivity index (χ1v) is 10.9. The van der Waals surface area contributed by atoms with Crippen LogP contribution in [0, 0.1) is 11.8 Å². The van der Waals surface area contributed by atoms with Crippen LogP contribution in [0.15, 0.2) is 10.6 Å². The van der Waals surface area contributed by atoms with Crippen LogP contribution in [0.25, 0.3) is 0 Å². The molecule has 2 saturated heterocycles. The molecule has 1 amide bonds. The summed E-state index contributed by atoms with van der Waals surface area (Å²) in [4.78, 5) is 26.5. The number of amides is 1. The van der Waals surface area contributed by atoms with Gasteiger partial charge in [-0.15, -0.1) is 11.8 Å². The van der Waals surface area contributed by atoms with Crippen LogP contribution in [-0.4, -0.2) is 83.7 Å². The summed E-state index contributed by atoms with van der Waals surface area (Å²) in [6, 6.07) is 0.449. The number of carbonyl (C=O) groups is 2. The Kier molecular flexibility index (Phi) is 6.71. The number of carbonyl (C=O) groups excluding carboxylic acids is 1. The van der Waals surface area contributed by atoms with E-state index < -0.39 is 18.0 Å². The molecule has 0 bridgehead atoms. The molecule has 3 rings (SSSR count). The molecule has 3 heterocycles. The minimum absolute atomic E-state index is 0.0724. The highest BCUT2D eigenvalue weighted by atomic mass is 32.2. The van der Waals surface area contributed by atoms with Gasteiger partial charge in [0.05, 0.1) is 18.1 Å². The second kappa shape index (κ2) is 8.71. The SMILES string of the molecule is CNCCC(NC)[C@@H]1C[C@H](SC2=C(C(=O)O)N3C(=O)[C@H]([C@@H](C)O)[C@H]3[C@H]2C)CN1. The summed E-state index contributed by atoms with van der Waals surface area (Å²) in [5, 5.41) is 30.1. The van der Waals surface area contributed by atoms with Gasteiger partial charge in [-0.05, 0) is 40.4 Å². The van der Waals surface area contributed by atoms with Crippen LogP contribution in [0.1, 0.15) is 26.7 Å². The molecule has 9 heteroatoms. The summed E-state index contributed by atoms with van der Waals surface area (Å²) in [6.07, 6.45) is 1.19. The number of rotatable bonds is 9. The first kappa shape index (κ1) is 21.6. The molecule has 0 aromatic heterocycles. The summed E-state index contributed by atoms with van der Waals surface area (Å²) < 4.78 is 0. The van der Waals surface area contributed by atoms with Gasteiger partial charge in [0.25, 0.3) is 0 Å². The summed E-state index contributed by atoms with van der Waals surface area (Å²) in [6.45, 7) is 5.33. The Morgan fingerprint density at radius 1 is 1.43 bits per heavy atom. The average Bonchev–Trinajstić information content (AvgIpc) is 3.18. The van der Waals surface area contributed by atoms with Crippen LogP contribution in [0.3, 0.4) is 0 Å². The molecule has 0 aromatic carbocycles. The van der Waals surface area contributed by atoms with Gasteiger partial charge in [0.1, 0.15) is 5.70 Å². The molecule has 2 fully saturated rings. The lowest BCUT2D eigenvalue weighted by molar-refractivity contribution is -0.163. The van der Waals surface area contributed by atoms with E-state index in [9.17, 15) is 19.8 Å². The Morgan fingerprint density at radius 3 is 2.71 bits per heavy atom. The summed E-state index contributed by atoms with van der Waals surface area (Å²) in [5.41, 5.74) is 0.119. The predicted molar refractivity (Wildman–Crippen MR) is 109 cm³/mol. The highest BCUT2D eigenvalue weighted by Crippen LogP contribution is 2.51. The summed E-state index contributed by atoms with van der Waals surface area (Å²) in [5.74, 6) is -1.91. The lowest BCUT2D eigenvalue weighted by Crippen LogP contribution is -2.63. The zero-order valence-corrected chi connectivity index (χ0v) is 17.8. The zero-order valence-electron chi connectivity index (χ0n) is 16.9. The normalized spacial score (nSPS) is 34.4. The van der Waals surface area contributed by atoms with Crippen LogP contribution < -0.4 is 16.0 Å². The fourth-order valence-corrected chi connectivity index (χ4v) is 6.33. The molecule has 7 atom stereocenters. The molecule has 8 nitrogen and oxygen atoms in total. The highest BCUT2D eigenvalue weighted by molar-refractivity contribution is 8.03.